The maximum atomic E-state index is 8.73. The number of nitriles is 1. The van der Waals surface area contributed by atoms with E-state index < -0.39 is 0 Å². The van der Waals surface area contributed by atoms with Crippen molar-refractivity contribution in [3.63, 3.8) is 0 Å². The summed E-state index contributed by atoms with van der Waals surface area (Å²) < 4.78 is 0. The van der Waals surface area contributed by atoms with Crippen molar-refractivity contribution in [1.29, 1.82) is 5.26 Å². The van der Waals surface area contributed by atoms with Crippen molar-refractivity contribution in [2.75, 3.05) is 0 Å². The minimum absolute atomic E-state index is 0.000718. The molecule has 0 saturated heterocycles. The second kappa shape index (κ2) is 4.47. The van der Waals surface area contributed by atoms with Gasteiger partial charge in [0.1, 0.15) is 0 Å². The lowest BCUT2D eigenvalue weighted by Crippen LogP contribution is -2.43. The van der Waals surface area contributed by atoms with Crippen molar-refractivity contribution < 1.29 is 0 Å². The van der Waals surface area contributed by atoms with Crippen molar-refractivity contribution in [3.05, 3.63) is 0 Å². The topological polar surface area (TPSA) is 35.8 Å². The van der Waals surface area contributed by atoms with Crippen LogP contribution in [0.5, 0.6) is 0 Å². The Morgan fingerprint density at radius 2 is 1.92 bits per heavy atom. The summed E-state index contributed by atoms with van der Waals surface area (Å²) in [4.78, 5) is 0. The highest BCUT2D eigenvalue weighted by atomic mass is 15.0. The van der Waals surface area contributed by atoms with Crippen LogP contribution in [0.2, 0.25) is 0 Å². The summed E-state index contributed by atoms with van der Waals surface area (Å²) in [5.74, 6) is 0. The fourth-order valence-corrected chi connectivity index (χ4v) is 0.798. The smallest absolute Gasteiger partial charge is 0.0952 e. The zero-order valence-corrected chi connectivity index (χ0v) is 8.81. The van der Waals surface area contributed by atoms with Gasteiger partial charge in [-0.25, -0.2) is 0 Å². The van der Waals surface area contributed by atoms with Crippen LogP contribution in [0.3, 0.4) is 0 Å². The summed E-state index contributed by atoms with van der Waals surface area (Å²) in [5, 5.41) is 12.0. The molecule has 0 amide bonds. The SMILES string of the molecule is CCC(C#N)NC(C)C(C)(C)C. The predicted octanol–water partition coefficient (Wildman–Crippen LogP) is 2.31. The summed E-state index contributed by atoms with van der Waals surface area (Å²) in [7, 11) is 0. The van der Waals surface area contributed by atoms with Crippen LogP contribution in [0.15, 0.2) is 0 Å². The van der Waals surface area contributed by atoms with E-state index in [0.717, 1.165) is 6.42 Å². The van der Waals surface area contributed by atoms with Gasteiger partial charge in [0.05, 0.1) is 12.1 Å². The fraction of sp³-hybridized carbons (Fsp3) is 0.900. The zero-order valence-electron chi connectivity index (χ0n) is 8.81. The van der Waals surface area contributed by atoms with E-state index in [1.54, 1.807) is 0 Å². The number of rotatable bonds is 3. The number of hydrogen-bond acceptors (Lipinski definition) is 2. The van der Waals surface area contributed by atoms with Crippen LogP contribution in [0.1, 0.15) is 41.0 Å². The van der Waals surface area contributed by atoms with Crippen LogP contribution in [0.25, 0.3) is 0 Å². The Morgan fingerprint density at radius 1 is 1.42 bits per heavy atom. The molecule has 0 aromatic carbocycles. The summed E-state index contributed by atoms with van der Waals surface area (Å²) >= 11 is 0. The third-order valence-electron chi connectivity index (χ3n) is 2.31. The monoisotopic (exact) mass is 168 g/mol. The second-order valence-electron chi connectivity index (χ2n) is 4.34. The van der Waals surface area contributed by atoms with Gasteiger partial charge in [-0.05, 0) is 18.8 Å². The third kappa shape index (κ3) is 3.73. The third-order valence-corrected chi connectivity index (χ3v) is 2.31. The van der Waals surface area contributed by atoms with Crippen LogP contribution in [-0.4, -0.2) is 12.1 Å². The lowest BCUT2D eigenvalue weighted by molar-refractivity contribution is 0.274. The molecule has 0 spiro atoms. The van der Waals surface area contributed by atoms with Gasteiger partial charge in [0, 0.05) is 6.04 Å². The van der Waals surface area contributed by atoms with Crippen molar-refractivity contribution in [2.45, 2.75) is 53.1 Å². The molecule has 0 aliphatic rings. The first-order valence-electron chi connectivity index (χ1n) is 4.57. The molecule has 0 radical (unpaired) electrons. The molecule has 0 aliphatic carbocycles. The molecule has 2 atom stereocenters. The fourth-order valence-electron chi connectivity index (χ4n) is 0.798. The van der Waals surface area contributed by atoms with E-state index in [1.165, 1.54) is 0 Å². The van der Waals surface area contributed by atoms with Crippen molar-refractivity contribution in [1.82, 2.24) is 5.32 Å². The van der Waals surface area contributed by atoms with Gasteiger partial charge in [-0.1, -0.05) is 27.7 Å². The molecule has 0 saturated carbocycles. The molecule has 0 aliphatic heterocycles. The van der Waals surface area contributed by atoms with Crippen LogP contribution in [0.4, 0.5) is 0 Å². The van der Waals surface area contributed by atoms with Crippen LogP contribution in [-0.2, 0) is 0 Å². The van der Waals surface area contributed by atoms with Gasteiger partial charge < -0.3 is 0 Å². The molecule has 2 unspecified atom stereocenters. The summed E-state index contributed by atoms with van der Waals surface area (Å²) in [6, 6.07) is 2.62. The van der Waals surface area contributed by atoms with Gasteiger partial charge in [-0.15, -0.1) is 0 Å². The van der Waals surface area contributed by atoms with E-state index in [0.29, 0.717) is 6.04 Å². The molecule has 70 valence electrons. The summed E-state index contributed by atoms with van der Waals surface area (Å²) in [5.41, 5.74) is 0.226. The summed E-state index contributed by atoms with van der Waals surface area (Å²) in [6.45, 7) is 10.7. The van der Waals surface area contributed by atoms with Gasteiger partial charge >= 0.3 is 0 Å². The molecule has 2 heteroatoms. The van der Waals surface area contributed by atoms with E-state index in [2.05, 4.69) is 39.1 Å². The molecule has 0 bridgehead atoms. The Kier molecular flexibility index (Phi) is 4.26. The lowest BCUT2D eigenvalue weighted by atomic mass is 9.87. The molecular formula is C10H20N2. The first-order valence-corrected chi connectivity index (χ1v) is 4.57. The molecule has 1 N–H and O–H groups in total. The van der Waals surface area contributed by atoms with Crippen molar-refractivity contribution >= 4 is 0 Å². The van der Waals surface area contributed by atoms with Gasteiger partial charge in [0.25, 0.3) is 0 Å². The molecule has 0 aromatic rings. The van der Waals surface area contributed by atoms with Crippen LogP contribution < -0.4 is 5.32 Å². The minimum atomic E-state index is -0.000718. The van der Waals surface area contributed by atoms with Gasteiger partial charge in [-0.3, -0.25) is 5.32 Å². The standard InChI is InChI=1S/C10H20N2/c1-6-9(7-11)12-8(2)10(3,4)5/h8-9,12H,6H2,1-5H3. The van der Waals surface area contributed by atoms with Gasteiger partial charge in [0.2, 0.25) is 0 Å². The first kappa shape index (κ1) is 11.4. The Bertz CT molecular complexity index is 162. The Morgan fingerprint density at radius 3 is 2.17 bits per heavy atom. The van der Waals surface area contributed by atoms with E-state index in [9.17, 15) is 0 Å². The molecular weight excluding hydrogens is 148 g/mol. The molecule has 0 fully saturated rings. The first-order chi connectivity index (χ1) is 5.41. The quantitative estimate of drug-likeness (QED) is 0.702. The largest absolute Gasteiger partial charge is 0.299 e. The Balaban J connectivity index is 4.01. The molecule has 2 nitrogen and oxygen atoms in total. The zero-order chi connectivity index (χ0) is 9.78. The van der Waals surface area contributed by atoms with Crippen LogP contribution >= 0.6 is 0 Å². The highest BCUT2D eigenvalue weighted by molar-refractivity contribution is 4.92. The van der Waals surface area contributed by atoms with Gasteiger partial charge in [0.15, 0.2) is 0 Å². The second-order valence-corrected chi connectivity index (χ2v) is 4.34. The highest BCUT2D eigenvalue weighted by Gasteiger charge is 2.21. The number of nitrogens with zero attached hydrogens (tertiary/aromatic N) is 1. The van der Waals surface area contributed by atoms with E-state index >= 15 is 0 Å². The average molecular weight is 168 g/mol. The lowest BCUT2D eigenvalue weighted by Gasteiger charge is -2.29. The normalized spacial score (nSPS) is 16.7. The van der Waals surface area contributed by atoms with E-state index in [4.69, 9.17) is 5.26 Å². The Labute approximate surface area is 76.0 Å². The number of hydrogen-bond donors (Lipinski definition) is 1. The van der Waals surface area contributed by atoms with E-state index in [-0.39, 0.29) is 11.5 Å². The van der Waals surface area contributed by atoms with Crippen molar-refractivity contribution in [3.8, 4) is 6.07 Å². The Hall–Kier alpha value is -0.550. The maximum Gasteiger partial charge on any atom is 0.0952 e. The maximum absolute atomic E-state index is 8.73. The molecule has 0 rings (SSSR count). The van der Waals surface area contributed by atoms with Gasteiger partial charge in [-0.2, -0.15) is 5.26 Å². The minimum Gasteiger partial charge on any atom is -0.299 e. The molecule has 0 aromatic heterocycles. The predicted molar refractivity (Wildman–Crippen MR) is 51.7 cm³/mol. The molecule has 12 heavy (non-hydrogen) atoms. The number of nitrogens with one attached hydrogen (secondary N) is 1. The van der Waals surface area contributed by atoms with E-state index in [1.807, 2.05) is 6.92 Å². The molecule has 0 heterocycles. The summed E-state index contributed by atoms with van der Waals surface area (Å²) in [6.07, 6.45) is 0.872. The van der Waals surface area contributed by atoms with Crippen LogP contribution in [0, 0.1) is 16.7 Å². The average Bonchev–Trinajstić information content (AvgIpc) is 1.97. The highest BCUT2D eigenvalue weighted by Crippen LogP contribution is 2.19. The van der Waals surface area contributed by atoms with Crippen molar-refractivity contribution in [2.24, 2.45) is 5.41 Å².